The van der Waals surface area contributed by atoms with Crippen LogP contribution in [0.4, 0.5) is 13.2 Å². The third-order valence-electron chi connectivity index (χ3n) is 7.28. The zero-order valence-electron chi connectivity index (χ0n) is 23.1. The number of Topliss-reactive ketones (excluding diaryl/α,β-unsaturated/α-hetero) is 1. The van der Waals surface area contributed by atoms with Crippen LogP contribution in [0.2, 0.25) is 5.02 Å². The fraction of sp³-hybridized carbons (Fsp3) is 0.448. The first-order valence-electron chi connectivity index (χ1n) is 13.1. The minimum atomic E-state index is -5.17. The van der Waals surface area contributed by atoms with Gasteiger partial charge in [-0.1, -0.05) is 56.1 Å². The topological polar surface area (TPSA) is 114 Å². The highest BCUT2D eigenvalue weighted by Crippen LogP contribution is 2.44. The standard InChI is InChI=1S/C29H33ClF3N3O5/c1-16(2)22(24(37)29(31,32)33)35-26(39)23(18-9-11-21(41-4)12-10-18)36-25(38)17(3)34-27(40)28(13-6-14-28)19-7-5-8-20(30)15-19/h5,7-12,15-17,22-23H,6,13-14H2,1-4H3,(H,34,40)(H,35,39)(H,36,38). The van der Waals surface area contributed by atoms with E-state index in [2.05, 4.69) is 16.0 Å². The van der Waals surface area contributed by atoms with Crippen molar-refractivity contribution in [3.8, 4) is 5.75 Å². The van der Waals surface area contributed by atoms with Crippen LogP contribution in [-0.4, -0.2) is 48.9 Å². The number of ether oxygens (including phenoxy) is 1. The SMILES string of the molecule is COc1ccc(C(NC(=O)C(C)NC(=O)C2(c3cccc(Cl)c3)CCC2)C(=O)NC(C(=O)C(F)(F)F)C(C)C)cc1. The van der Waals surface area contributed by atoms with Crippen molar-refractivity contribution in [1.82, 2.24) is 16.0 Å². The second-order valence-corrected chi connectivity index (χ2v) is 10.9. The highest BCUT2D eigenvalue weighted by atomic mass is 35.5. The minimum absolute atomic E-state index is 0.228. The number of benzene rings is 2. The molecule has 0 radical (unpaired) electrons. The Hall–Kier alpha value is -3.60. The number of methoxy groups -OCH3 is 1. The Kier molecular flexibility index (Phi) is 10.1. The van der Waals surface area contributed by atoms with Gasteiger partial charge in [-0.15, -0.1) is 0 Å². The van der Waals surface area contributed by atoms with Crippen LogP contribution in [-0.2, 0) is 24.6 Å². The van der Waals surface area contributed by atoms with Gasteiger partial charge in [-0.3, -0.25) is 19.2 Å². The zero-order valence-corrected chi connectivity index (χ0v) is 23.9. The molecule has 3 unspecified atom stereocenters. The number of hydrogen-bond donors (Lipinski definition) is 3. The summed E-state index contributed by atoms with van der Waals surface area (Å²) < 4.78 is 44.7. The van der Waals surface area contributed by atoms with Crippen LogP contribution in [0.1, 0.15) is 57.2 Å². The number of ketones is 1. The summed E-state index contributed by atoms with van der Waals surface area (Å²) >= 11 is 6.13. The lowest BCUT2D eigenvalue weighted by Crippen LogP contribution is -2.56. The van der Waals surface area contributed by atoms with E-state index in [1.807, 2.05) is 0 Å². The molecule has 8 nitrogen and oxygen atoms in total. The van der Waals surface area contributed by atoms with Gasteiger partial charge in [0.2, 0.25) is 17.7 Å². The van der Waals surface area contributed by atoms with Gasteiger partial charge in [-0.25, -0.2) is 0 Å². The Labute approximate surface area is 241 Å². The summed E-state index contributed by atoms with van der Waals surface area (Å²) in [7, 11) is 1.43. The van der Waals surface area contributed by atoms with Crippen LogP contribution >= 0.6 is 11.6 Å². The van der Waals surface area contributed by atoms with Crippen LogP contribution in [0.3, 0.4) is 0 Å². The summed E-state index contributed by atoms with van der Waals surface area (Å²) in [4.78, 5) is 51.9. The number of halogens is 4. The maximum atomic E-state index is 13.4. The van der Waals surface area contributed by atoms with Gasteiger partial charge in [0.05, 0.1) is 18.6 Å². The average Bonchev–Trinajstić information content (AvgIpc) is 2.88. The molecule has 2 aromatic carbocycles. The van der Waals surface area contributed by atoms with E-state index in [1.165, 1.54) is 52.1 Å². The van der Waals surface area contributed by atoms with Crippen LogP contribution in [0.15, 0.2) is 48.5 Å². The molecule has 0 aliphatic heterocycles. The summed E-state index contributed by atoms with van der Waals surface area (Å²) in [5.41, 5.74) is 0.103. The summed E-state index contributed by atoms with van der Waals surface area (Å²) in [5.74, 6) is -4.70. The minimum Gasteiger partial charge on any atom is -0.497 e. The lowest BCUT2D eigenvalue weighted by Gasteiger charge is -2.41. The van der Waals surface area contributed by atoms with Crippen molar-refractivity contribution in [2.45, 2.75) is 69.8 Å². The molecule has 0 aromatic heterocycles. The van der Waals surface area contributed by atoms with Crippen LogP contribution < -0.4 is 20.7 Å². The van der Waals surface area contributed by atoms with Crippen LogP contribution in [0.5, 0.6) is 5.75 Å². The highest BCUT2D eigenvalue weighted by molar-refractivity contribution is 6.30. The molecule has 1 aliphatic carbocycles. The maximum absolute atomic E-state index is 13.4. The summed E-state index contributed by atoms with van der Waals surface area (Å²) in [6, 6.07) is 8.46. The maximum Gasteiger partial charge on any atom is 0.452 e. The number of carbonyl (C=O) groups is 4. The number of hydrogen-bond acceptors (Lipinski definition) is 5. The van der Waals surface area contributed by atoms with E-state index in [0.717, 1.165) is 12.0 Å². The largest absolute Gasteiger partial charge is 0.497 e. The van der Waals surface area contributed by atoms with Gasteiger partial charge in [0.25, 0.3) is 5.78 Å². The molecule has 41 heavy (non-hydrogen) atoms. The Morgan fingerprint density at radius 2 is 1.56 bits per heavy atom. The quantitative estimate of drug-likeness (QED) is 0.356. The molecule has 1 aliphatic rings. The van der Waals surface area contributed by atoms with Crippen molar-refractivity contribution in [3.05, 3.63) is 64.7 Å². The van der Waals surface area contributed by atoms with E-state index in [4.69, 9.17) is 16.3 Å². The van der Waals surface area contributed by atoms with Crippen molar-refractivity contribution < 1.29 is 37.1 Å². The van der Waals surface area contributed by atoms with Crippen molar-refractivity contribution in [2.24, 2.45) is 5.92 Å². The van der Waals surface area contributed by atoms with Gasteiger partial charge < -0.3 is 20.7 Å². The monoisotopic (exact) mass is 595 g/mol. The number of nitrogens with one attached hydrogen (secondary N) is 3. The first-order valence-corrected chi connectivity index (χ1v) is 13.5. The van der Waals surface area contributed by atoms with E-state index in [-0.39, 0.29) is 11.5 Å². The smallest absolute Gasteiger partial charge is 0.452 e. The third-order valence-corrected chi connectivity index (χ3v) is 7.52. The Morgan fingerprint density at radius 1 is 0.927 bits per heavy atom. The van der Waals surface area contributed by atoms with Crippen LogP contribution in [0.25, 0.3) is 0 Å². The average molecular weight is 596 g/mol. The normalized spacial score (nSPS) is 16.5. The predicted molar refractivity (Wildman–Crippen MR) is 146 cm³/mol. The lowest BCUT2D eigenvalue weighted by atomic mass is 9.63. The fourth-order valence-electron chi connectivity index (χ4n) is 4.68. The van der Waals surface area contributed by atoms with Gasteiger partial charge in [0, 0.05) is 5.02 Å². The Morgan fingerprint density at radius 3 is 2.05 bits per heavy atom. The molecule has 0 saturated heterocycles. The van der Waals surface area contributed by atoms with E-state index >= 15 is 0 Å². The van der Waals surface area contributed by atoms with E-state index < -0.39 is 53.2 Å². The van der Waals surface area contributed by atoms with Gasteiger partial charge >= 0.3 is 6.18 Å². The zero-order chi connectivity index (χ0) is 30.5. The molecule has 3 amide bonds. The number of carbonyl (C=O) groups excluding carboxylic acids is 4. The number of alkyl halides is 3. The van der Waals surface area contributed by atoms with E-state index in [0.29, 0.717) is 23.6 Å². The Bertz CT molecular complexity index is 1280. The second kappa shape index (κ2) is 12.9. The molecule has 3 N–H and O–H groups in total. The van der Waals surface area contributed by atoms with Crippen molar-refractivity contribution in [1.29, 1.82) is 0 Å². The van der Waals surface area contributed by atoms with Gasteiger partial charge in [0.1, 0.15) is 17.8 Å². The summed E-state index contributed by atoms with van der Waals surface area (Å²) in [6.07, 6.45) is -3.23. The predicted octanol–water partition coefficient (Wildman–Crippen LogP) is 4.40. The molecule has 12 heteroatoms. The van der Waals surface area contributed by atoms with Crippen molar-refractivity contribution >= 4 is 35.1 Å². The molecule has 2 aromatic rings. The molecule has 1 saturated carbocycles. The molecule has 0 heterocycles. The van der Waals surface area contributed by atoms with Gasteiger partial charge in [0.15, 0.2) is 0 Å². The van der Waals surface area contributed by atoms with Crippen molar-refractivity contribution in [2.75, 3.05) is 7.11 Å². The molecule has 3 rings (SSSR count). The molecule has 3 atom stereocenters. The molecule has 0 bridgehead atoms. The lowest BCUT2D eigenvalue weighted by molar-refractivity contribution is -0.175. The first-order chi connectivity index (χ1) is 19.2. The van der Waals surface area contributed by atoms with E-state index in [9.17, 15) is 32.3 Å². The number of rotatable bonds is 11. The van der Waals surface area contributed by atoms with Crippen molar-refractivity contribution in [3.63, 3.8) is 0 Å². The number of amides is 3. The summed E-state index contributed by atoms with van der Waals surface area (Å²) in [5, 5.41) is 7.84. The van der Waals surface area contributed by atoms with Gasteiger partial charge in [-0.05, 0) is 61.1 Å². The fourth-order valence-corrected chi connectivity index (χ4v) is 4.87. The molecule has 0 spiro atoms. The highest BCUT2D eigenvalue weighted by Gasteiger charge is 2.47. The third kappa shape index (κ3) is 7.38. The molecular weight excluding hydrogens is 563 g/mol. The Balaban J connectivity index is 1.82. The molecule has 1 fully saturated rings. The first kappa shape index (κ1) is 31.9. The molecule has 222 valence electrons. The molecular formula is C29H33ClF3N3O5. The van der Waals surface area contributed by atoms with Crippen LogP contribution in [0, 0.1) is 5.92 Å². The summed E-state index contributed by atoms with van der Waals surface area (Å²) in [6.45, 7) is 4.16. The second-order valence-electron chi connectivity index (χ2n) is 10.4. The van der Waals surface area contributed by atoms with Gasteiger partial charge in [-0.2, -0.15) is 13.2 Å². The van der Waals surface area contributed by atoms with E-state index in [1.54, 1.807) is 24.3 Å².